The summed E-state index contributed by atoms with van der Waals surface area (Å²) >= 11 is 1.16. The average Bonchev–Trinajstić information content (AvgIpc) is 2.98. The number of hydrogen-bond donors (Lipinski definition) is 1. The number of pyridine rings is 1. The SMILES string of the molecule is Fc1c(Nc2nc(-c3cccnc3)cs2)cccc1C(F)(F)F. The van der Waals surface area contributed by atoms with E-state index < -0.39 is 17.6 Å². The van der Waals surface area contributed by atoms with Crippen LogP contribution in [-0.2, 0) is 6.18 Å². The van der Waals surface area contributed by atoms with Crippen molar-refractivity contribution in [2.75, 3.05) is 5.32 Å². The van der Waals surface area contributed by atoms with Gasteiger partial charge in [0.1, 0.15) is 0 Å². The molecule has 2 aromatic heterocycles. The van der Waals surface area contributed by atoms with Gasteiger partial charge in [-0.1, -0.05) is 6.07 Å². The molecule has 3 rings (SSSR count). The van der Waals surface area contributed by atoms with Crippen molar-refractivity contribution in [2.24, 2.45) is 0 Å². The lowest BCUT2D eigenvalue weighted by molar-refractivity contribution is -0.139. The van der Waals surface area contributed by atoms with Crippen LogP contribution in [0.4, 0.5) is 28.4 Å². The van der Waals surface area contributed by atoms with Crippen LogP contribution in [0.25, 0.3) is 11.3 Å². The first kappa shape index (κ1) is 15.4. The van der Waals surface area contributed by atoms with Crippen molar-refractivity contribution in [3.8, 4) is 11.3 Å². The fourth-order valence-corrected chi connectivity index (χ4v) is 2.67. The lowest BCUT2D eigenvalue weighted by atomic mass is 10.2. The maximum absolute atomic E-state index is 14.0. The monoisotopic (exact) mass is 339 g/mol. The van der Waals surface area contributed by atoms with Crippen molar-refractivity contribution < 1.29 is 17.6 Å². The lowest BCUT2D eigenvalue weighted by Gasteiger charge is -2.11. The van der Waals surface area contributed by atoms with E-state index in [1.807, 2.05) is 0 Å². The highest BCUT2D eigenvalue weighted by atomic mass is 32.1. The summed E-state index contributed by atoms with van der Waals surface area (Å²) in [4.78, 5) is 8.19. The minimum Gasteiger partial charge on any atom is -0.329 e. The molecule has 0 fully saturated rings. The Kier molecular flexibility index (Phi) is 3.99. The molecule has 0 spiro atoms. The summed E-state index contributed by atoms with van der Waals surface area (Å²) in [5.74, 6) is -1.35. The zero-order valence-electron chi connectivity index (χ0n) is 11.4. The number of aromatic nitrogens is 2. The van der Waals surface area contributed by atoms with E-state index in [0.29, 0.717) is 16.9 Å². The molecule has 0 saturated carbocycles. The third-order valence-electron chi connectivity index (χ3n) is 3.01. The van der Waals surface area contributed by atoms with Crippen molar-refractivity contribution >= 4 is 22.2 Å². The molecule has 8 heteroatoms. The van der Waals surface area contributed by atoms with Crippen LogP contribution in [0.5, 0.6) is 0 Å². The highest BCUT2D eigenvalue weighted by Gasteiger charge is 2.34. The standard InChI is InChI=1S/C15H9F4N3S/c16-13-10(15(17,18)19)4-1-5-11(13)21-14-22-12(8-23-14)9-3-2-6-20-7-9/h1-8H,(H,21,22). The molecular weight excluding hydrogens is 330 g/mol. The Balaban J connectivity index is 1.88. The van der Waals surface area contributed by atoms with Crippen molar-refractivity contribution in [3.63, 3.8) is 0 Å². The average molecular weight is 339 g/mol. The number of anilines is 2. The molecule has 0 saturated heterocycles. The normalized spacial score (nSPS) is 11.5. The van der Waals surface area contributed by atoms with E-state index >= 15 is 0 Å². The predicted octanol–water partition coefficient (Wildman–Crippen LogP) is 5.11. The molecule has 0 unspecified atom stereocenters. The molecule has 118 valence electrons. The van der Waals surface area contributed by atoms with Gasteiger partial charge in [0.25, 0.3) is 0 Å². The van der Waals surface area contributed by atoms with Gasteiger partial charge < -0.3 is 5.32 Å². The molecule has 0 atom stereocenters. The molecule has 2 heterocycles. The number of alkyl halides is 3. The second kappa shape index (κ2) is 5.96. The fourth-order valence-electron chi connectivity index (χ4n) is 1.94. The molecule has 0 aliphatic carbocycles. The predicted molar refractivity (Wildman–Crippen MR) is 80.0 cm³/mol. The Labute approximate surface area is 132 Å². The Morgan fingerprint density at radius 1 is 1.09 bits per heavy atom. The maximum Gasteiger partial charge on any atom is 0.419 e. The smallest absolute Gasteiger partial charge is 0.329 e. The van der Waals surface area contributed by atoms with Gasteiger partial charge in [-0.2, -0.15) is 13.2 Å². The van der Waals surface area contributed by atoms with E-state index in [1.54, 1.807) is 29.9 Å². The first-order chi connectivity index (χ1) is 10.9. The van der Waals surface area contributed by atoms with Gasteiger partial charge in [-0.3, -0.25) is 4.98 Å². The Morgan fingerprint density at radius 3 is 2.61 bits per heavy atom. The molecule has 0 amide bonds. The second-order valence-corrected chi connectivity index (χ2v) is 5.43. The number of nitrogens with zero attached hydrogens (tertiary/aromatic N) is 2. The number of thiazole rings is 1. The molecule has 0 radical (unpaired) electrons. The molecule has 0 bridgehead atoms. The summed E-state index contributed by atoms with van der Waals surface area (Å²) in [5.41, 5.74) is -0.210. The van der Waals surface area contributed by atoms with E-state index in [0.717, 1.165) is 23.0 Å². The van der Waals surface area contributed by atoms with Gasteiger partial charge in [-0.15, -0.1) is 11.3 Å². The van der Waals surface area contributed by atoms with Gasteiger partial charge in [-0.05, 0) is 24.3 Å². The van der Waals surface area contributed by atoms with Gasteiger partial charge in [0.15, 0.2) is 10.9 Å². The summed E-state index contributed by atoms with van der Waals surface area (Å²) in [7, 11) is 0. The first-order valence-corrected chi connectivity index (χ1v) is 7.32. The Hall–Kier alpha value is -2.48. The van der Waals surface area contributed by atoms with Crippen LogP contribution < -0.4 is 5.32 Å². The van der Waals surface area contributed by atoms with E-state index in [4.69, 9.17) is 0 Å². The van der Waals surface area contributed by atoms with Gasteiger partial charge >= 0.3 is 6.18 Å². The van der Waals surface area contributed by atoms with E-state index in [1.165, 1.54) is 6.07 Å². The van der Waals surface area contributed by atoms with E-state index in [-0.39, 0.29) is 5.69 Å². The van der Waals surface area contributed by atoms with Crippen molar-refractivity contribution in [2.45, 2.75) is 6.18 Å². The van der Waals surface area contributed by atoms with Crippen LogP contribution in [0.2, 0.25) is 0 Å². The van der Waals surface area contributed by atoms with Crippen molar-refractivity contribution in [1.29, 1.82) is 0 Å². The van der Waals surface area contributed by atoms with Crippen molar-refractivity contribution in [1.82, 2.24) is 9.97 Å². The molecule has 3 aromatic rings. The molecule has 0 aliphatic heterocycles. The minimum absolute atomic E-state index is 0.271. The third kappa shape index (κ3) is 3.31. The van der Waals surface area contributed by atoms with Gasteiger partial charge in [0, 0.05) is 23.3 Å². The quantitative estimate of drug-likeness (QED) is 0.674. The molecule has 3 nitrogen and oxygen atoms in total. The van der Waals surface area contributed by atoms with E-state index in [9.17, 15) is 17.6 Å². The summed E-state index contributed by atoms with van der Waals surface area (Å²) in [6, 6.07) is 6.62. The van der Waals surface area contributed by atoms with Crippen LogP contribution in [0.15, 0.2) is 48.1 Å². The summed E-state index contributed by atoms with van der Waals surface area (Å²) < 4.78 is 52.1. The van der Waals surface area contributed by atoms with Gasteiger partial charge in [0.05, 0.1) is 16.9 Å². The maximum atomic E-state index is 14.0. The highest BCUT2D eigenvalue weighted by Crippen LogP contribution is 2.35. The Bertz CT molecular complexity index is 815. The lowest BCUT2D eigenvalue weighted by Crippen LogP contribution is -2.09. The summed E-state index contributed by atoms with van der Waals surface area (Å²) in [6.45, 7) is 0. The van der Waals surface area contributed by atoms with Crippen LogP contribution in [0.3, 0.4) is 0 Å². The second-order valence-electron chi connectivity index (χ2n) is 4.57. The van der Waals surface area contributed by atoms with Crippen LogP contribution in [0, 0.1) is 5.82 Å². The third-order valence-corrected chi connectivity index (χ3v) is 3.76. The van der Waals surface area contributed by atoms with Crippen LogP contribution in [-0.4, -0.2) is 9.97 Å². The number of halogens is 4. The molecule has 23 heavy (non-hydrogen) atoms. The Morgan fingerprint density at radius 2 is 1.91 bits per heavy atom. The van der Waals surface area contributed by atoms with Crippen molar-refractivity contribution in [3.05, 3.63) is 59.5 Å². The van der Waals surface area contributed by atoms with Crippen LogP contribution >= 0.6 is 11.3 Å². The number of nitrogens with one attached hydrogen (secondary N) is 1. The number of hydrogen-bond acceptors (Lipinski definition) is 4. The zero-order valence-corrected chi connectivity index (χ0v) is 12.2. The highest BCUT2D eigenvalue weighted by molar-refractivity contribution is 7.14. The first-order valence-electron chi connectivity index (χ1n) is 6.44. The molecule has 1 N–H and O–H groups in total. The summed E-state index contributed by atoms with van der Waals surface area (Å²) in [6.07, 6.45) is -1.51. The number of rotatable bonds is 3. The molecule has 0 aliphatic rings. The molecule has 1 aromatic carbocycles. The van der Waals surface area contributed by atoms with Gasteiger partial charge in [-0.25, -0.2) is 9.37 Å². The van der Waals surface area contributed by atoms with Gasteiger partial charge in [0.2, 0.25) is 0 Å². The largest absolute Gasteiger partial charge is 0.419 e. The van der Waals surface area contributed by atoms with E-state index in [2.05, 4.69) is 15.3 Å². The molecular formula is C15H9F4N3S. The zero-order chi connectivity index (χ0) is 16.4. The van der Waals surface area contributed by atoms with Crippen LogP contribution in [0.1, 0.15) is 5.56 Å². The topological polar surface area (TPSA) is 37.8 Å². The fraction of sp³-hybridized carbons (Fsp3) is 0.0667. The minimum atomic E-state index is -4.74. The number of benzene rings is 1. The summed E-state index contributed by atoms with van der Waals surface area (Å²) in [5, 5.41) is 4.59.